The van der Waals surface area contributed by atoms with Gasteiger partial charge in [-0.05, 0) is 38.5 Å². The Bertz CT molecular complexity index is 1250. The number of ether oxygens (including phenoxy) is 3. The Labute approximate surface area is 205 Å². The van der Waals surface area contributed by atoms with Crippen LogP contribution in [-0.4, -0.2) is 53.3 Å². The van der Waals surface area contributed by atoms with Gasteiger partial charge in [0.1, 0.15) is 23.5 Å². The largest absolute Gasteiger partial charge is 0.488 e. The maximum atomic E-state index is 12.8. The van der Waals surface area contributed by atoms with E-state index >= 15 is 0 Å². The van der Waals surface area contributed by atoms with Gasteiger partial charge in [0.2, 0.25) is 0 Å². The molecule has 0 saturated carbocycles. The Balaban J connectivity index is 1.70. The molecule has 7 heteroatoms. The van der Waals surface area contributed by atoms with Crippen molar-refractivity contribution in [2.45, 2.75) is 44.9 Å². The van der Waals surface area contributed by atoms with Crippen LogP contribution in [0.15, 0.2) is 61.2 Å². The van der Waals surface area contributed by atoms with E-state index in [0.717, 1.165) is 27.7 Å². The molecule has 182 valence electrons. The molecule has 2 atom stereocenters. The highest BCUT2D eigenvalue weighted by atomic mass is 16.6. The van der Waals surface area contributed by atoms with Crippen LogP contribution in [0.2, 0.25) is 0 Å². The Morgan fingerprint density at radius 3 is 2.51 bits per heavy atom. The molecule has 0 N–H and O–H groups in total. The first-order valence-electron chi connectivity index (χ1n) is 11.6. The summed E-state index contributed by atoms with van der Waals surface area (Å²) in [6.07, 6.45) is 1.05. The maximum absolute atomic E-state index is 12.8. The quantitative estimate of drug-likeness (QED) is 0.456. The van der Waals surface area contributed by atoms with Crippen LogP contribution in [0, 0.1) is 0 Å². The lowest BCUT2D eigenvalue weighted by molar-refractivity contribution is -0.145. The Morgan fingerprint density at radius 1 is 1.11 bits per heavy atom. The lowest BCUT2D eigenvalue weighted by atomic mass is 10.1. The van der Waals surface area contributed by atoms with Crippen molar-refractivity contribution < 1.29 is 23.8 Å². The highest BCUT2D eigenvalue weighted by Gasteiger charge is 2.43. The second-order valence-electron chi connectivity index (χ2n) is 9.50. The lowest BCUT2D eigenvalue weighted by Gasteiger charge is -2.27. The molecule has 1 aliphatic rings. The van der Waals surface area contributed by atoms with Crippen LogP contribution in [0.5, 0.6) is 5.75 Å². The summed E-state index contributed by atoms with van der Waals surface area (Å²) < 4.78 is 16.9. The van der Waals surface area contributed by atoms with Crippen molar-refractivity contribution in [3.63, 3.8) is 0 Å². The second kappa shape index (κ2) is 9.78. The third-order valence-electron chi connectivity index (χ3n) is 5.76. The predicted molar refractivity (Wildman–Crippen MR) is 135 cm³/mol. The molecule has 0 radical (unpaired) electrons. The fourth-order valence-electron chi connectivity index (χ4n) is 4.14. The van der Waals surface area contributed by atoms with E-state index in [1.54, 1.807) is 26.8 Å². The van der Waals surface area contributed by atoms with Crippen molar-refractivity contribution in [1.82, 2.24) is 9.88 Å². The van der Waals surface area contributed by atoms with E-state index in [-0.39, 0.29) is 13.0 Å². The summed E-state index contributed by atoms with van der Waals surface area (Å²) in [5, 5.41) is 0.826. The number of esters is 1. The number of methoxy groups -OCH3 is 1. The number of benzene rings is 2. The molecule has 1 aromatic heterocycles. The standard InChI is InChI=1S/C28H30N2O5/c1-6-18-12-13-22-21(14-18)25(16-23(29-22)19-10-8-7-9-11-19)34-20-15-24(26(31)33-5)30(17-20)27(32)35-28(2,3)4/h6-14,16,20,24H,1,15,17H2,2-5H3/t20-,24+/m1/s1. The van der Waals surface area contributed by atoms with Gasteiger partial charge >= 0.3 is 12.1 Å². The van der Waals surface area contributed by atoms with Gasteiger partial charge in [-0.15, -0.1) is 0 Å². The highest BCUT2D eigenvalue weighted by Crippen LogP contribution is 2.34. The zero-order valence-electron chi connectivity index (χ0n) is 20.5. The van der Waals surface area contributed by atoms with Gasteiger partial charge in [-0.2, -0.15) is 0 Å². The fourth-order valence-corrected chi connectivity index (χ4v) is 4.14. The summed E-state index contributed by atoms with van der Waals surface area (Å²) >= 11 is 0. The Kier molecular flexibility index (Phi) is 6.78. The zero-order valence-corrected chi connectivity index (χ0v) is 20.5. The maximum Gasteiger partial charge on any atom is 0.411 e. The van der Waals surface area contributed by atoms with Gasteiger partial charge in [0.25, 0.3) is 0 Å². The summed E-state index contributed by atoms with van der Waals surface area (Å²) in [6, 6.07) is 16.8. The molecule has 1 aliphatic heterocycles. The summed E-state index contributed by atoms with van der Waals surface area (Å²) in [4.78, 5) is 31.5. The van der Waals surface area contributed by atoms with Gasteiger partial charge in [-0.1, -0.05) is 49.1 Å². The normalized spacial score (nSPS) is 17.8. The third kappa shape index (κ3) is 5.45. The van der Waals surface area contributed by atoms with Crippen molar-refractivity contribution in [2.24, 2.45) is 0 Å². The monoisotopic (exact) mass is 474 g/mol. The van der Waals surface area contributed by atoms with Gasteiger partial charge in [-0.3, -0.25) is 4.90 Å². The van der Waals surface area contributed by atoms with E-state index in [1.165, 1.54) is 12.0 Å². The molecule has 2 heterocycles. The number of amides is 1. The van der Waals surface area contributed by atoms with Crippen molar-refractivity contribution in [2.75, 3.05) is 13.7 Å². The molecule has 2 aromatic carbocycles. The number of nitrogens with zero attached hydrogens (tertiary/aromatic N) is 2. The topological polar surface area (TPSA) is 78.0 Å². The number of rotatable bonds is 5. The molecule has 4 rings (SSSR count). The van der Waals surface area contributed by atoms with Crippen molar-refractivity contribution >= 4 is 29.0 Å². The molecular weight excluding hydrogens is 444 g/mol. The molecular formula is C28H30N2O5. The van der Waals surface area contributed by atoms with E-state index in [9.17, 15) is 9.59 Å². The van der Waals surface area contributed by atoms with E-state index in [4.69, 9.17) is 19.2 Å². The van der Waals surface area contributed by atoms with Crippen LogP contribution in [0.4, 0.5) is 4.79 Å². The molecule has 1 amide bonds. The van der Waals surface area contributed by atoms with Gasteiger partial charge in [0.15, 0.2) is 0 Å². The summed E-state index contributed by atoms with van der Waals surface area (Å²) in [5.74, 6) is 0.123. The van der Waals surface area contributed by atoms with E-state index in [0.29, 0.717) is 5.75 Å². The van der Waals surface area contributed by atoms with Crippen molar-refractivity contribution in [1.29, 1.82) is 0 Å². The molecule has 35 heavy (non-hydrogen) atoms. The predicted octanol–water partition coefficient (Wildman–Crippen LogP) is 5.47. The smallest absolute Gasteiger partial charge is 0.411 e. The Hall–Kier alpha value is -3.87. The lowest BCUT2D eigenvalue weighted by Crippen LogP contribution is -2.44. The SMILES string of the molecule is C=Cc1ccc2nc(-c3ccccc3)cc(O[C@@H]3C[C@@H](C(=O)OC)N(C(=O)OC(C)(C)C)C3)c2c1. The molecule has 0 spiro atoms. The van der Waals surface area contributed by atoms with Crippen LogP contribution in [0.3, 0.4) is 0 Å². The van der Waals surface area contributed by atoms with Crippen LogP contribution in [0.1, 0.15) is 32.8 Å². The van der Waals surface area contributed by atoms with Crippen LogP contribution in [-0.2, 0) is 14.3 Å². The number of pyridine rings is 1. The van der Waals surface area contributed by atoms with Crippen molar-refractivity contribution in [3.8, 4) is 17.0 Å². The number of carbonyl (C=O) groups excluding carboxylic acids is 2. The van der Waals surface area contributed by atoms with E-state index in [2.05, 4.69) is 6.58 Å². The minimum absolute atomic E-state index is 0.195. The number of hydrogen-bond donors (Lipinski definition) is 0. The second-order valence-corrected chi connectivity index (χ2v) is 9.50. The van der Waals surface area contributed by atoms with Gasteiger partial charge < -0.3 is 14.2 Å². The fraction of sp³-hybridized carbons (Fsp3) is 0.321. The van der Waals surface area contributed by atoms with Crippen LogP contribution in [0.25, 0.3) is 28.2 Å². The molecule has 0 aliphatic carbocycles. The molecule has 1 fully saturated rings. The molecule has 1 saturated heterocycles. The molecule has 7 nitrogen and oxygen atoms in total. The summed E-state index contributed by atoms with van der Waals surface area (Å²) in [6.45, 7) is 9.41. The summed E-state index contributed by atoms with van der Waals surface area (Å²) in [7, 11) is 1.31. The number of carbonyl (C=O) groups is 2. The van der Waals surface area contributed by atoms with Crippen LogP contribution < -0.4 is 4.74 Å². The molecule has 0 bridgehead atoms. The van der Waals surface area contributed by atoms with Gasteiger partial charge in [0.05, 0.1) is 24.9 Å². The van der Waals surface area contributed by atoms with E-state index < -0.39 is 29.8 Å². The zero-order chi connectivity index (χ0) is 25.2. The average Bonchev–Trinajstić information content (AvgIpc) is 3.26. The number of hydrogen-bond acceptors (Lipinski definition) is 6. The number of aromatic nitrogens is 1. The van der Waals surface area contributed by atoms with Gasteiger partial charge in [0, 0.05) is 23.4 Å². The molecule has 3 aromatic rings. The van der Waals surface area contributed by atoms with Crippen molar-refractivity contribution in [3.05, 3.63) is 66.7 Å². The minimum Gasteiger partial charge on any atom is -0.488 e. The average molecular weight is 475 g/mol. The summed E-state index contributed by atoms with van der Waals surface area (Å²) in [5.41, 5.74) is 2.75. The third-order valence-corrected chi connectivity index (χ3v) is 5.76. The minimum atomic E-state index is -0.787. The molecule has 0 unspecified atom stereocenters. The van der Waals surface area contributed by atoms with E-state index in [1.807, 2.05) is 54.6 Å². The Morgan fingerprint density at radius 2 is 1.86 bits per heavy atom. The first-order chi connectivity index (χ1) is 16.7. The number of fused-ring (bicyclic) bond motifs is 1. The first kappa shape index (κ1) is 24.3. The highest BCUT2D eigenvalue weighted by molar-refractivity contribution is 5.90. The van der Waals surface area contributed by atoms with Gasteiger partial charge in [-0.25, -0.2) is 14.6 Å². The first-order valence-corrected chi connectivity index (χ1v) is 11.6. The number of likely N-dealkylation sites (tertiary alicyclic amines) is 1. The van der Waals surface area contributed by atoms with Crippen LogP contribution >= 0.6 is 0 Å².